The smallest absolute Gasteiger partial charge is 0.253 e. The minimum atomic E-state index is -0.0357. The quantitative estimate of drug-likeness (QED) is 0.768. The summed E-state index contributed by atoms with van der Waals surface area (Å²) in [5, 5.41) is 2.89. The molecule has 5 nitrogen and oxygen atoms in total. The molecule has 2 aromatic carbocycles. The van der Waals surface area contributed by atoms with Crippen molar-refractivity contribution in [1.82, 2.24) is 4.90 Å². The van der Waals surface area contributed by atoms with E-state index in [1.165, 1.54) is 5.56 Å². The highest BCUT2D eigenvalue weighted by Gasteiger charge is 2.29. The van der Waals surface area contributed by atoms with Crippen molar-refractivity contribution in [1.29, 1.82) is 0 Å². The molecule has 0 saturated heterocycles. The predicted octanol–water partition coefficient (Wildman–Crippen LogP) is 2.68. The van der Waals surface area contributed by atoms with Crippen molar-refractivity contribution in [2.24, 2.45) is 11.7 Å². The molecule has 3 rings (SSSR count). The number of hydrogen-bond acceptors (Lipinski definition) is 3. The van der Waals surface area contributed by atoms with Gasteiger partial charge in [-0.2, -0.15) is 0 Å². The van der Waals surface area contributed by atoms with Crippen LogP contribution in [0.2, 0.25) is 0 Å². The van der Waals surface area contributed by atoms with Crippen molar-refractivity contribution in [2.75, 3.05) is 25.0 Å². The summed E-state index contributed by atoms with van der Waals surface area (Å²) in [5.74, 6) is 0.192. The van der Waals surface area contributed by atoms with Gasteiger partial charge in [0.1, 0.15) is 0 Å². The van der Waals surface area contributed by atoms with Gasteiger partial charge < -0.3 is 16.0 Å². The van der Waals surface area contributed by atoms with Gasteiger partial charge in [0.15, 0.2) is 0 Å². The zero-order chi connectivity index (χ0) is 18.4. The Bertz CT molecular complexity index is 740. The van der Waals surface area contributed by atoms with Gasteiger partial charge in [0.25, 0.3) is 5.91 Å². The van der Waals surface area contributed by atoms with Crippen LogP contribution in [0.25, 0.3) is 0 Å². The normalized spacial score (nSPS) is 13.3. The van der Waals surface area contributed by atoms with Gasteiger partial charge >= 0.3 is 0 Å². The van der Waals surface area contributed by atoms with E-state index in [9.17, 15) is 9.59 Å². The molecule has 1 fully saturated rings. The Morgan fingerprint density at radius 2 is 1.69 bits per heavy atom. The van der Waals surface area contributed by atoms with Gasteiger partial charge in [0.05, 0.1) is 0 Å². The van der Waals surface area contributed by atoms with Crippen molar-refractivity contribution in [3.8, 4) is 0 Å². The van der Waals surface area contributed by atoms with Gasteiger partial charge in [-0.05, 0) is 49.1 Å². The first-order valence-electron chi connectivity index (χ1n) is 9.11. The number of amides is 2. The molecule has 0 unspecified atom stereocenters. The van der Waals surface area contributed by atoms with Gasteiger partial charge in [-0.1, -0.05) is 30.3 Å². The SMILES string of the molecule is NCCN(CCc1ccccc1)C(=O)c1ccc(NC(=O)C2CC2)cc1. The van der Waals surface area contributed by atoms with Crippen LogP contribution in [0.4, 0.5) is 5.69 Å². The number of rotatable bonds is 8. The molecule has 0 bridgehead atoms. The Morgan fingerprint density at radius 1 is 1.00 bits per heavy atom. The molecular weight excluding hydrogens is 326 g/mol. The highest BCUT2D eigenvalue weighted by molar-refractivity contribution is 5.96. The molecule has 0 spiro atoms. The first kappa shape index (κ1) is 18.1. The van der Waals surface area contributed by atoms with E-state index in [-0.39, 0.29) is 17.7 Å². The summed E-state index contributed by atoms with van der Waals surface area (Å²) in [6.45, 7) is 1.57. The Kier molecular flexibility index (Phi) is 6.02. The van der Waals surface area contributed by atoms with Gasteiger partial charge in [-0.15, -0.1) is 0 Å². The maximum absolute atomic E-state index is 12.8. The number of anilines is 1. The van der Waals surface area contributed by atoms with Crippen LogP contribution in [0, 0.1) is 5.92 Å². The van der Waals surface area contributed by atoms with Crippen LogP contribution in [0.3, 0.4) is 0 Å². The van der Waals surface area contributed by atoms with Crippen molar-refractivity contribution in [3.63, 3.8) is 0 Å². The molecule has 2 aromatic rings. The third-order valence-corrected chi connectivity index (χ3v) is 4.55. The second kappa shape index (κ2) is 8.63. The van der Waals surface area contributed by atoms with E-state index in [1.807, 2.05) is 18.2 Å². The molecule has 136 valence electrons. The zero-order valence-corrected chi connectivity index (χ0v) is 14.9. The number of carbonyl (C=O) groups is 2. The predicted molar refractivity (Wildman–Crippen MR) is 103 cm³/mol. The molecule has 5 heteroatoms. The minimum absolute atomic E-state index is 0.0357. The second-order valence-corrected chi connectivity index (χ2v) is 6.66. The van der Waals surface area contributed by atoms with Crippen molar-refractivity contribution in [3.05, 3.63) is 65.7 Å². The summed E-state index contributed by atoms with van der Waals surface area (Å²) < 4.78 is 0. The Hall–Kier alpha value is -2.66. The molecule has 0 heterocycles. The first-order valence-corrected chi connectivity index (χ1v) is 9.11. The van der Waals surface area contributed by atoms with Crippen LogP contribution in [0.1, 0.15) is 28.8 Å². The van der Waals surface area contributed by atoms with Crippen LogP contribution in [0.15, 0.2) is 54.6 Å². The van der Waals surface area contributed by atoms with Crippen molar-refractivity contribution >= 4 is 17.5 Å². The molecule has 2 amide bonds. The summed E-state index contributed by atoms with van der Waals surface area (Å²) in [5.41, 5.74) is 8.22. The third-order valence-electron chi connectivity index (χ3n) is 4.55. The molecule has 0 aromatic heterocycles. The lowest BCUT2D eigenvalue weighted by molar-refractivity contribution is -0.117. The number of benzene rings is 2. The monoisotopic (exact) mass is 351 g/mol. The molecule has 1 aliphatic carbocycles. The Labute approximate surface area is 154 Å². The van der Waals surface area contributed by atoms with Crippen molar-refractivity contribution < 1.29 is 9.59 Å². The summed E-state index contributed by atoms with van der Waals surface area (Å²) in [7, 11) is 0. The number of carbonyl (C=O) groups excluding carboxylic acids is 2. The number of hydrogen-bond donors (Lipinski definition) is 2. The second-order valence-electron chi connectivity index (χ2n) is 6.66. The minimum Gasteiger partial charge on any atom is -0.337 e. The Morgan fingerprint density at radius 3 is 2.31 bits per heavy atom. The van der Waals surface area contributed by atoms with E-state index in [0.717, 1.165) is 24.9 Å². The highest BCUT2D eigenvalue weighted by Crippen LogP contribution is 2.30. The van der Waals surface area contributed by atoms with Crippen LogP contribution >= 0.6 is 0 Å². The van der Waals surface area contributed by atoms with Crippen LogP contribution < -0.4 is 11.1 Å². The lowest BCUT2D eigenvalue weighted by Crippen LogP contribution is -2.36. The van der Waals surface area contributed by atoms with Crippen LogP contribution in [-0.2, 0) is 11.2 Å². The lowest BCUT2D eigenvalue weighted by Gasteiger charge is -2.22. The van der Waals surface area contributed by atoms with E-state index < -0.39 is 0 Å². The average Bonchev–Trinajstić information content (AvgIpc) is 3.51. The molecule has 1 aliphatic rings. The zero-order valence-electron chi connectivity index (χ0n) is 14.9. The van der Waals surface area contributed by atoms with E-state index >= 15 is 0 Å². The van der Waals surface area contributed by atoms with E-state index in [2.05, 4.69) is 17.4 Å². The maximum Gasteiger partial charge on any atom is 0.253 e. The van der Waals surface area contributed by atoms with Crippen LogP contribution in [0.5, 0.6) is 0 Å². The maximum atomic E-state index is 12.8. The van der Waals surface area contributed by atoms with Crippen molar-refractivity contribution in [2.45, 2.75) is 19.3 Å². The fraction of sp³-hybridized carbons (Fsp3) is 0.333. The van der Waals surface area contributed by atoms with Gasteiger partial charge in [-0.25, -0.2) is 0 Å². The standard InChI is InChI=1S/C21H25N3O2/c22-13-15-24(14-12-16-4-2-1-3-5-16)21(26)18-8-10-19(11-9-18)23-20(25)17-6-7-17/h1-5,8-11,17H,6-7,12-15,22H2,(H,23,25). The molecule has 1 saturated carbocycles. The van der Waals surface area contributed by atoms with E-state index in [0.29, 0.717) is 25.2 Å². The fourth-order valence-corrected chi connectivity index (χ4v) is 2.85. The number of nitrogens with zero attached hydrogens (tertiary/aromatic N) is 1. The molecule has 0 radical (unpaired) electrons. The molecule has 0 aliphatic heterocycles. The first-order chi connectivity index (χ1) is 12.7. The van der Waals surface area contributed by atoms with Gasteiger partial charge in [-0.3, -0.25) is 9.59 Å². The fourth-order valence-electron chi connectivity index (χ4n) is 2.85. The molecule has 26 heavy (non-hydrogen) atoms. The number of nitrogens with one attached hydrogen (secondary N) is 1. The summed E-state index contributed by atoms with van der Waals surface area (Å²) in [4.78, 5) is 26.4. The molecule has 3 N–H and O–H groups in total. The van der Waals surface area contributed by atoms with Gasteiger partial charge in [0.2, 0.25) is 5.91 Å². The Balaban J connectivity index is 1.61. The summed E-state index contributed by atoms with van der Waals surface area (Å²) in [6.07, 6.45) is 2.73. The summed E-state index contributed by atoms with van der Waals surface area (Å²) in [6, 6.07) is 17.2. The highest BCUT2D eigenvalue weighted by atomic mass is 16.2. The van der Waals surface area contributed by atoms with Gasteiger partial charge in [0, 0.05) is 36.8 Å². The van der Waals surface area contributed by atoms with Crippen LogP contribution in [-0.4, -0.2) is 36.3 Å². The van der Waals surface area contributed by atoms with E-state index in [1.54, 1.807) is 29.2 Å². The third kappa shape index (κ3) is 4.92. The number of nitrogens with two attached hydrogens (primary N) is 1. The summed E-state index contributed by atoms with van der Waals surface area (Å²) >= 11 is 0. The lowest BCUT2D eigenvalue weighted by atomic mass is 10.1. The molecular formula is C21H25N3O2. The topological polar surface area (TPSA) is 75.4 Å². The molecule has 0 atom stereocenters. The largest absolute Gasteiger partial charge is 0.337 e. The van der Waals surface area contributed by atoms with E-state index in [4.69, 9.17) is 5.73 Å². The average molecular weight is 351 g/mol.